The molecule has 0 saturated carbocycles. The molecule has 1 aromatic heterocycles. The second-order valence-electron chi connectivity index (χ2n) is 7.70. The SMILES string of the molecule is CC(C)c1cccc(C(C)C)c1NC(=O)CCc1nc2ccccc2[nH]c1=O. The summed E-state index contributed by atoms with van der Waals surface area (Å²) in [6.07, 6.45) is 0.505. The smallest absolute Gasteiger partial charge is 0.270 e. The number of nitrogens with zero attached hydrogens (tertiary/aromatic N) is 1. The van der Waals surface area contributed by atoms with Gasteiger partial charge in [-0.1, -0.05) is 58.0 Å². The first-order chi connectivity index (χ1) is 13.4. The number of nitrogens with one attached hydrogen (secondary N) is 2. The predicted octanol–water partition coefficient (Wildman–Crippen LogP) is 4.74. The zero-order valence-corrected chi connectivity index (χ0v) is 16.9. The molecule has 5 nitrogen and oxygen atoms in total. The van der Waals surface area contributed by atoms with Crippen molar-refractivity contribution in [2.45, 2.75) is 52.4 Å². The summed E-state index contributed by atoms with van der Waals surface area (Å²) in [5, 5.41) is 3.09. The number of carbonyl (C=O) groups excluding carboxylic acids is 1. The number of aryl methyl sites for hydroxylation is 1. The van der Waals surface area contributed by atoms with Gasteiger partial charge in [0.25, 0.3) is 5.56 Å². The Hall–Kier alpha value is -2.95. The van der Waals surface area contributed by atoms with Crippen LogP contribution in [0.2, 0.25) is 0 Å². The fourth-order valence-electron chi connectivity index (χ4n) is 3.37. The van der Waals surface area contributed by atoms with Gasteiger partial charge >= 0.3 is 0 Å². The molecule has 1 amide bonds. The van der Waals surface area contributed by atoms with Crippen molar-refractivity contribution in [3.8, 4) is 0 Å². The number of H-pyrrole nitrogens is 1. The molecule has 0 unspecified atom stereocenters. The third-order valence-electron chi connectivity index (χ3n) is 4.90. The number of benzene rings is 2. The molecule has 0 aliphatic heterocycles. The minimum atomic E-state index is -0.239. The molecular weight excluding hydrogens is 350 g/mol. The highest BCUT2D eigenvalue weighted by atomic mass is 16.1. The van der Waals surface area contributed by atoms with Gasteiger partial charge in [0, 0.05) is 18.5 Å². The summed E-state index contributed by atoms with van der Waals surface area (Å²) in [7, 11) is 0. The van der Waals surface area contributed by atoms with Crippen LogP contribution in [0.15, 0.2) is 47.3 Å². The van der Waals surface area contributed by atoms with Crippen LogP contribution in [-0.4, -0.2) is 15.9 Å². The summed E-state index contributed by atoms with van der Waals surface area (Å²) in [4.78, 5) is 32.2. The molecule has 0 atom stereocenters. The van der Waals surface area contributed by atoms with E-state index in [9.17, 15) is 9.59 Å². The van der Waals surface area contributed by atoms with Gasteiger partial charge in [0.2, 0.25) is 5.91 Å². The Kier molecular flexibility index (Phi) is 5.93. The van der Waals surface area contributed by atoms with E-state index in [-0.39, 0.29) is 17.9 Å². The topological polar surface area (TPSA) is 74.8 Å². The molecule has 0 aliphatic rings. The molecule has 0 saturated heterocycles. The van der Waals surface area contributed by atoms with Crippen LogP contribution in [0.3, 0.4) is 0 Å². The van der Waals surface area contributed by atoms with E-state index in [4.69, 9.17) is 0 Å². The monoisotopic (exact) mass is 377 g/mol. The van der Waals surface area contributed by atoms with Crippen molar-refractivity contribution in [3.05, 3.63) is 69.6 Å². The van der Waals surface area contributed by atoms with E-state index >= 15 is 0 Å². The zero-order valence-electron chi connectivity index (χ0n) is 16.9. The van der Waals surface area contributed by atoms with Crippen LogP contribution >= 0.6 is 0 Å². The lowest BCUT2D eigenvalue weighted by Crippen LogP contribution is -2.20. The fraction of sp³-hybridized carbons (Fsp3) is 0.348. The average Bonchev–Trinajstić information content (AvgIpc) is 2.66. The lowest BCUT2D eigenvalue weighted by molar-refractivity contribution is -0.116. The highest BCUT2D eigenvalue weighted by molar-refractivity contribution is 5.92. The predicted molar refractivity (Wildman–Crippen MR) is 114 cm³/mol. The summed E-state index contributed by atoms with van der Waals surface area (Å²) in [5.74, 6) is 0.502. The van der Waals surface area contributed by atoms with E-state index in [0.29, 0.717) is 29.5 Å². The molecule has 2 N–H and O–H groups in total. The van der Waals surface area contributed by atoms with E-state index in [1.807, 2.05) is 30.3 Å². The van der Waals surface area contributed by atoms with Crippen molar-refractivity contribution < 1.29 is 4.79 Å². The van der Waals surface area contributed by atoms with Gasteiger partial charge in [-0.05, 0) is 35.1 Å². The second kappa shape index (κ2) is 8.38. The molecule has 5 heteroatoms. The molecule has 0 radical (unpaired) electrons. The number of rotatable bonds is 6. The van der Waals surface area contributed by atoms with Gasteiger partial charge in [0.15, 0.2) is 0 Å². The van der Waals surface area contributed by atoms with Crippen LogP contribution in [-0.2, 0) is 11.2 Å². The van der Waals surface area contributed by atoms with Crippen molar-refractivity contribution in [1.29, 1.82) is 0 Å². The number of aromatic amines is 1. The Labute approximate surface area is 165 Å². The Balaban J connectivity index is 1.78. The number of amides is 1. The van der Waals surface area contributed by atoms with Crippen molar-refractivity contribution >= 4 is 22.6 Å². The van der Waals surface area contributed by atoms with Crippen LogP contribution in [0, 0.1) is 0 Å². The van der Waals surface area contributed by atoms with E-state index in [0.717, 1.165) is 22.3 Å². The quantitative estimate of drug-likeness (QED) is 0.651. The molecular formula is C23H27N3O2. The number of anilines is 1. The third-order valence-corrected chi connectivity index (χ3v) is 4.90. The van der Waals surface area contributed by atoms with Crippen LogP contribution in [0.4, 0.5) is 5.69 Å². The van der Waals surface area contributed by atoms with Gasteiger partial charge < -0.3 is 10.3 Å². The highest BCUT2D eigenvalue weighted by Crippen LogP contribution is 2.32. The maximum atomic E-state index is 12.7. The molecule has 146 valence electrons. The second-order valence-corrected chi connectivity index (χ2v) is 7.70. The largest absolute Gasteiger partial charge is 0.326 e. The van der Waals surface area contributed by atoms with Crippen molar-refractivity contribution in [2.75, 3.05) is 5.32 Å². The summed E-state index contributed by atoms with van der Waals surface area (Å²) >= 11 is 0. The Morgan fingerprint density at radius 2 is 1.64 bits per heavy atom. The van der Waals surface area contributed by atoms with E-state index in [2.05, 4.69) is 55.1 Å². The summed E-state index contributed by atoms with van der Waals surface area (Å²) < 4.78 is 0. The molecule has 0 aliphatic carbocycles. The van der Waals surface area contributed by atoms with Gasteiger partial charge in [-0.3, -0.25) is 9.59 Å². The lowest BCUT2D eigenvalue weighted by atomic mass is 9.92. The van der Waals surface area contributed by atoms with Crippen molar-refractivity contribution in [1.82, 2.24) is 9.97 Å². The first-order valence-electron chi connectivity index (χ1n) is 9.77. The Morgan fingerprint density at radius 3 is 2.29 bits per heavy atom. The lowest BCUT2D eigenvalue weighted by Gasteiger charge is -2.20. The van der Waals surface area contributed by atoms with Gasteiger partial charge in [-0.15, -0.1) is 0 Å². The summed E-state index contributed by atoms with van der Waals surface area (Å²) in [6.45, 7) is 8.47. The summed E-state index contributed by atoms with van der Waals surface area (Å²) in [5.41, 5.74) is 4.73. The zero-order chi connectivity index (χ0) is 20.3. The first-order valence-corrected chi connectivity index (χ1v) is 9.77. The van der Waals surface area contributed by atoms with Crippen molar-refractivity contribution in [2.24, 2.45) is 0 Å². The average molecular weight is 377 g/mol. The molecule has 0 spiro atoms. The molecule has 0 fully saturated rings. The normalized spacial score (nSPS) is 11.4. The van der Waals surface area contributed by atoms with Gasteiger partial charge in [0.05, 0.1) is 11.0 Å². The molecule has 2 aromatic carbocycles. The molecule has 0 bridgehead atoms. The minimum absolute atomic E-state index is 0.107. The molecule has 28 heavy (non-hydrogen) atoms. The number of para-hydroxylation sites is 3. The molecule has 1 heterocycles. The van der Waals surface area contributed by atoms with Gasteiger partial charge in [-0.25, -0.2) is 4.98 Å². The third kappa shape index (κ3) is 4.30. The maximum Gasteiger partial charge on any atom is 0.270 e. The molecule has 3 rings (SSSR count). The van der Waals surface area contributed by atoms with E-state index in [1.165, 1.54) is 0 Å². The van der Waals surface area contributed by atoms with E-state index in [1.54, 1.807) is 0 Å². The van der Waals surface area contributed by atoms with Crippen LogP contribution in [0.1, 0.15) is 62.8 Å². The summed E-state index contributed by atoms with van der Waals surface area (Å²) in [6, 6.07) is 13.5. The number of carbonyl (C=O) groups is 1. The van der Waals surface area contributed by atoms with Crippen LogP contribution in [0.25, 0.3) is 11.0 Å². The van der Waals surface area contributed by atoms with Crippen LogP contribution < -0.4 is 10.9 Å². The van der Waals surface area contributed by atoms with Crippen LogP contribution in [0.5, 0.6) is 0 Å². The van der Waals surface area contributed by atoms with Crippen molar-refractivity contribution in [3.63, 3.8) is 0 Å². The number of hydrogen-bond acceptors (Lipinski definition) is 3. The number of fused-ring (bicyclic) bond motifs is 1. The highest BCUT2D eigenvalue weighted by Gasteiger charge is 2.16. The Morgan fingerprint density at radius 1 is 1.00 bits per heavy atom. The van der Waals surface area contributed by atoms with Gasteiger partial charge in [-0.2, -0.15) is 0 Å². The maximum absolute atomic E-state index is 12.7. The minimum Gasteiger partial charge on any atom is -0.326 e. The number of aromatic nitrogens is 2. The fourth-order valence-corrected chi connectivity index (χ4v) is 3.37. The molecule has 3 aromatic rings. The van der Waals surface area contributed by atoms with Gasteiger partial charge in [0.1, 0.15) is 5.69 Å². The standard InChI is InChI=1S/C23H27N3O2/c1-14(2)16-8-7-9-17(15(3)4)22(16)26-21(27)13-12-20-23(28)25-19-11-6-5-10-18(19)24-20/h5-11,14-15H,12-13H2,1-4H3,(H,25,28)(H,26,27). The number of hydrogen-bond donors (Lipinski definition) is 2. The van der Waals surface area contributed by atoms with E-state index < -0.39 is 0 Å². The Bertz CT molecular complexity index is 1020. The first kappa shape index (κ1) is 19.8.